The molecule has 2 N–H and O–H groups in total. The van der Waals surface area contributed by atoms with Crippen molar-refractivity contribution >= 4 is 29.1 Å². The predicted molar refractivity (Wildman–Crippen MR) is 117 cm³/mol. The molecule has 1 fully saturated rings. The third-order valence-electron chi connectivity index (χ3n) is 4.97. The van der Waals surface area contributed by atoms with Crippen LogP contribution in [-0.4, -0.2) is 38.0 Å². The summed E-state index contributed by atoms with van der Waals surface area (Å²) in [4.78, 5) is 38.0. The first-order valence-electron chi connectivity index (χ1n) is 10.2. The average molecular weight is 425 g/mol. The van der Waals surface area contributed by atoms with E-state index in [0.717, 1.165) is 5.56 Å². The Balaban J connectivity index is 1.61. The summed E-state index contributed by atoms with van der Waals surface area (Å²) in [5.41, 5.74) is 2.13. The van der Waals surface area contributed by atoms with Gasteiger partial charge in [0.15, 0.2) is 11.5 Å². The molecule has 2 aromatic carbocycles. The molecular weight excluding hydrogens is 398 g/mol. The molecule has 1 aliphatic heterocycles. The Morgan fingerprint density at radius 1 is 1.16 bits per heavy atom. The second kappa shape index (κ2) is 9.97. The second-order valence-electron chi connectivity index (χ2n) is 7.27. The van der Waals surface area contributed by atoms with Crippen LogP contribution in [0.3, 0.4) is 0 Å². The Morgan fingerprint density at radius 2 is 1.97 bits per heavy atom. The molecule has 0 aromatic heterocycles. The highest BCUT2D eigenvalue weighted by Gasteiger charge is 2.35. The normalized spacial score (nSPS) is 15.5. The van der Waals surface area contributed by atoms with Crippen LogP contribution in [0.5, 0.6) is 11.5 Å². The third kappa shape index (κ3) is 5.53. The SMILES string of the molecule is CCOc1ccc(CNC(=O)C2CC(=O)N(c3cccc(NC(C)=O)c3)C2)cc1OC. The van der Waals surface area contributed by atoms with Crippen LogP contribution in [0, 0.1) is 5.92 Å². The molecule has 2 aromatic rings. The zero-order valence-electron chi connectivity index (χ0n) is 17.9. The second-order valence-corrected chi connectivity index (χ2v) is 7.27. The van der Waals surface area contributed by atoms with Crippen LogP contribution < -0.4 is 25.0 Å². The van der Waals surface area contributed by atoms with Crippen molar-refractivity contribution in [1.82, 2.24) is 5.32 Å². The van der Waals surface area contributed by atoms with Crippen molar-refractivity contribution in [2.75, 3.05) is 30.5 Å². The smallest absolute Gasteiger partial charge is 0.227 e. The molecule has 164 valence electrons. The van der Waals surface area contributed by atoms with Crippen LogP contribution >= 0.6 is 0 Å². The molecule has 0 radical (unpaired) electrons. The molecule has 1 atom stereocenters. The van der Waals surface area contributed by atoms with Gasteiger partial charge in [-0.25, -0.2) is 0 Å². The number of ether oxygens (including phenoxy) is 2. The summed E-state index contributed by atoms with van der Waals surface area (Å²) in [5, 5.41) is 5.60. The molecule has 3 amide bonds. The van der Waals surface area contributed by atoms with Gasteiger partial charge in [-0.15, -0.1) is 0 Å². The van der Waals surface area contributed by atoms with Gasteiger partial charge in [-0.2, -0.15) is 0 Å². The zero-order chi connectivity index (χ0) is 22.4. The molecule has 8 heteroatoms. The summed E-state index contributed by atoms with van der Waals surface area (Å²) in [6.07, 6.45) is 0.142. The van der Waals surface area contributed by atoms with Crippen molar-refractivity contribution in [3.63, 3.8) is 0 Å². The van der Waals surface area contributed by atoms with Gasteiger partial charge >= 0.3 is 0 Å². The van der Waals surface area contributed by atoms with Crippen LogP contribution in [0.4, 0.5) is 11.4 Å². The molecule has 1 unspecified atom stereocenters. The van der Waals surface area contributed by atoms with Gasteiger partial charge in [0.1, 0.15) is 0 Å². The van der Waals surface area contributed by atoms with Crippen LogP contribution in [0.2, 0.25) is 0 Å². The fourth-order valence-corrected chi connectivity index (χ4v) is 3.52. The number of anilines is 2. The van der Waals surface area contributed by atoms with Crippen molar-refractivity contribution in [2.45, 2.75) is 26.8 Å². The molecule has 3 rings (SSSR count). The quantitative estimate of drug-likeness (QED) is 0.678. The van der Waals surface area contributed by atoms with Crippen molar-refractivity contribution in [1.29, 1.82) is 0 Å². The summed E-state index contributed by atoms with van der Waals surface area (Å²) in [6, 6.07) is 12.5. The van der Waals surface area contributed by atoms with Gasteiger partial charge in [-0.05, 0) is 42.8 Å². The maximum atomic E-state index is 12.7. The molecule has 0 saturated carbocycles. The molecular formula is C23H27N3O5. The summed E-state index contributed by atoms with van der Waals surface area (Å²) < 4.78 is 10.8. The first-order chi connectivity index (χ1) is 14.9. The Kier molecular flexibility index (Phi) is 7.12. The van der Waals surface area contributed by atoms with E-state index in [-0.39, 0.29) is 24.1 Å². The number of hydrogen-bond donors (Lipinski definition) is 2. The number of methoxy groups -OCH3 is 1. The minimum absolute atomic E-state index is 0.122. The van der Waals surface area contributed by atoms with Gasteiger partial charge in [0.05, 0.1) is 19.6 Å². The molecule has 0 bridgehead atoms. The van der Waals surface area contributed by atoms with Crippen molar-refractivity contribution < 1.29 is 23.9 Å². The van der Waals surface area contributed by atoms with Crippen LogP contribution in [0.25, 0.3) is 0 Å². The van der Waals surface area contributed by atoms with Gasteiger partial charge < -0.3 is 25.0 Å². The molecule has 31 heavy (non-hydrogen) atoms. The maximum absolute atomic E-state index is 12.7. The Hall–Kier alpha value is -3.55. The first-order valence-corrected chi connectivity index (χ1v) is 10.2. The number of carbonyl (C=O) groups excluding carboxylic acids is 3. The maximum Gasteiger partial charge on any atom is 0.227 e. The van der Waals surface area contributed by atoms with E-state index >= 15 is 0 Å². The molecule has 1 heterocycles. The highest BCUT2D eigenvalue weighted by atomic mass is 16.5. The standard InChI is InChI=1S/C23H27N3O5/c1-4-31-20-9-8-16(10-21(20)30-3)13-24-23(29)17-11-22(28)26(14-17)19-7-5-6-18(12-19)25-15(2)27/h5-10,12,17H,4,11,13-14H2,1-3H3,(H,24,29)(H,25,27). The molecule has 1 aliphatic rings. The van der Waals surface area contributed by atoms with Crippen LogP contribution in [0.1, 0.15) is 25.8 Å². The number of hydrogen-bond acceptors (Lipinski definition) is 5. The summed E-state index contributed by atoms with van der Waals surface area (Å²) in [5.74, 6) is 0.327. The lowest BCUT2D eigenvalue weighted by molar-refractivity contribution is -0.126. The summed E-state index contributed by atoms with van der Waals surface area (Å²) in [7, 11) is 1.57. The van der Waals surface area contributed by atoms with E-state index in [4.69, 9.17) is 9.47 Å². The summed E-state index contributed by atoms with van der Waals surface area (Å²) in [6.45, 7) is 4.47. The monoisotopic (exact) mass is 425 g/mol. The highest BCUT2D eigenvalue weighted by molar-refractivity contribution is 6.01. The van der Waals surface area contributed by atoms with E-state index in [2.05, 4.69) is 10.6 Å². The fraction of sp³-hybridized carbons (Fsp3) is 0.348. The van der Waals surface area contributed by atoms with E-state index in [9.17, 15) is 14.4 Å². The molecule has 0 spiro atoms. The number of rotatable bonds is 8. The minimum atomic E-state index is -0.443. The van der Waals surface area contributed by atoms with Gasteiger partial charge in [-0.3, -0.25) is 14.4 Å². The average Bonchev–Trinajstić information content (AvgIpc) is 3.14. The Morgan fingerprint density at radius 3 is 2.68 bits per heavy atom. The van der Waals surface area contributed by atoms with Crippen LogP contribution in [-0.2, 0) is 20.9 Å². The van der Waals surface area contributed by atoms with Gasteiger partial charge in [0.25, 0.3) is 0 Å². The number of nitrogens with one attached hydrogen (secondary N) is 2. The molecule has 0 aliphatic carbocycles. The number of nitrogens with zero attached hydrogens (tertiary/aromatic N) is 1. The molecule has 1 saturated heterocycles. The van der Waals surface area contributed by atoms with Gasteiger partial charge in [-0.1, -0.05) is 12.1 Å². The zero-order valence-corrected chi connectivity index (χ0v) is 17.9. The first kappa shape index (κ1) is 22.1. The van der Waals surface area contributed by atoms with E-state index < -0.39 is 5.92 Å². The lowest BCUT2D eigenvalue weighted by Crippen LogP contribution is -2.32. The Labute approximate surface area is 181 Å². The van der Waals surface area contributed by atoms with Crippen LogP contribution in [0.15, 0.2) is 42.5 Å². The van der Waals surface area contributed by atoms with E-state index in [1.807, 2.05) is 25.1 Å². The number of benzene rings is 2. The molecule has 8 nitrogen and oxygen atoms in total. The van der Waals surface area contributed by atoms with E-state index in [1.165, 1.54) is 6.92 Å². The summed E-state index contributed by atoms with van der Waals surface area (Å²) >= 11 is 0. The number of amides is 3. The third-order valence-corrected chi connectivity index (χ3v) is 4.97. The lowest BCUT2D eigenvalue weighted by atomic mass is 10.1. The topological polar surface area (TPSA) is 97.0 Å². The van der Waals surface area contributed by atoms with Gasteiger partial charge in [0.2, 0.25) is 17.7 Å². The lowest BCUT2D eigenvalue weighted by Gasteiger charge is -2.18. The predicted octanol–water partition coefficient (Wildman–Crippen LogP) is 2.72. The highest BCUT2D eigenvalue weighted by Crippen LogP contribution is 2.29. The Bertz CT molecular complexity index is 975. The fourth-order valence-electron chi connectivity index (χ4n) is 3.52. The largest absolute Gasteiger partial charge is 0.493 e. The van der Waals surface area contributed by atoms with Crippen molar-refractivity contribution in [2.24, 2.45) is 5.92 Å². The number of carbonyl (C=O) groups is 3. The van der Waals surface area contributed by atoms with Crippen molar-refractivity contribution in [3.05, 3.63) is 48.0 Å². The minimum Gasteiger partial charge on any atom is -0.493 e. The van der Waals surface area contributed by atoms with E-state index in [0.29, 0.717) is 42.6 Å². The van der Waals surface area contributed by atoms with Gasteiger partial charge in [0, 0.05) is 37.8 Å². The van der Waals surface area contributed by atoms with Crippen molar-refractivity contribution in [3.8, 4) is 11.5 Å². The van der Waals surface area contributed by atoms with E-state index in [1.54, 1.807) is 36.3 Å².